The van der Waals surface area contributed by atoms with E-state index in [1.54, 1.807) is 30.3 Å². The van der Waals surface area contributed by atoms with E-state index in [0.29, 0.717) is 42.7 Å². The highest BCUT2D eigenvalue weighted by Crippen LogP contribution is 2.36. The van der Waals surface area contributed by atoms with Gasteiger partial charge in [-0.2, -0.15) is 0 Å². The van der Waals surface area contributed by atoms with Crippen LogP contribution in [0.3, 0.4) is 0 Å². The molecular formula is C21H23ClN4O4. The summed E-state index contributed by atoms with van der Waals surface area (Å²) in [4.78, 5) is 28.2. The molecule has 2 fully saturated rings. The normalized spacial score (nSPS) is 16.6. The van der Waals surface area contributed by atoms with Gasteiger partial charge in [-0.3, -0.25) is 14.9 Å². The summed E-state index contributed by atoms with van der Waals surface area (Å²) >= 11 is 6.41. The maximum atomic E-state index is 12.9. The van der Waals surface area contributed by atoms with Crippen LogP contribution in [0.1, 0.15) is 23.2 Å². The molecule has 0 spiro atoms. The largest absolute Gasteiger partial charge is 0.378 e. The number of ether oxygens (including phenoxy) is 1. The second-order valence-electron chi connectivity index (χ2n) is 7.34. The van der Waals surface area contributed by atoms with E-state index in [1.807, 2.05) is 4.90 Å². The van der Waals surface area contributed by atoms with Gasteiger partial charge in [-0.15, -0.1) is 0 Å². The first-order chi connectivity index (χ1) is 14.5. The summed E-state index contributed by atoms with van der Waals surface area (Å²) in [7, 11) is 0. The van der Waals surface area contributed by atoms with Crippen molar-refractivity contribution in [2.75, 3.05) is 54.5 Å². The van der Waals surface area contributed by atoms with Crippen LogP contribution in [0.2, 0.25) is 5.02 Å². The van der Waals surface area contributed by atoms with Crippen LogP contribution >= 0.6 is 11.6 Å². The van der Waals surface area contributed by atoms with Crippen LogP contribution in [0, 0.1) is 10.1 Å². The van der Waals surface area contributed by atoms with Crippen LogP contribution in [0.25, 0.3) is 0 Å². The Labute approximate surface area is 179 Å². The van der Waals surface area contributed by atoms with Crippen molar-refractivity contribution < 1.29 is 14.5 Å². The molecule has 8 nitrogen and oxygen atoms in total. The van der Waals surface area contributed by atoms with Gasteiger partial charge >= 0.3 is 0 Å². The molecular weight excluding hydrogens is 408 g/mol. The van der Waals surface area contributed by atoms with Crippen molar-refractivity contribution in [3.63, 3.8) is 0 Å². The van der Waals surface area contributed by atoms with Crippen molar-refractivity contribution in [3.8, 4) is 0 Å². The first kappa shape index (κ1) is 20.4. The topological polar surface area (TPSA) is 88.0 Å². The minimum absolute atomic E-state index is 0.0876. The average molecular weight is 431 g/mol. The summed E-state index contributed by atoms with van der Waals surface area (Å²) in [6.45, 7) is 3.96. The van der Waals surface area contributed by atoms with E-state index >= 15 is 0 Å². The zero-order valence-electron chi connectivity index (χ0n) is 16.5. The molecule has 1 N–H and O–H groups in total. The molecule has 2 saturated heterocycles. The molecule has 2 aromatic carbocycles. The highest BCUT2D eigenvalue weighted by Gasteiger charge is 2.24. The molecule has 4 rings (SSSR count). The molecule has 0 aromatic heterocycles. The number of morpholine rings is 1. The Kier molecular flexibility index (Phi) is 6.06. The summed E-state index contributed by atoms with van der Waals surface area (Å²) in [5.41, 5.74) is 2.04. The molecule has 2 aliphatic heterocycles. The Morgan fingerprint density at radius 1 is 1.07 bits per heavy atom. The minimum atomic E-state index is -0.448. The maximum Gasteiger partial charge on any atom is 0.293 e. The standard InChI is InChI=1S/C21H23ClN4O4/c22-16-4-3-5-17(20(16)25-8-1-2-9-25)23-21(27)15-6-7-18(19(14-15)26(28)29)24-10-12-30-13-11-24/h3-7,14H,1-2,8-13H2,(H,23,27). The number of anilines is 3. The van der Waals surface area contributed by atoms with E-state index in [0.717, 1.165) is 31.6 Å². The van der Waals surface area contributed by atoms with Gasteiger partial charge in [0.05, 0.1) is 34.5 Å². The van der Waals surface area contributed by atoms with Gasteiger partial charge in [-0.1, -0.05) is 17.7 Å². The second kappa shape index (κ2) is 8.89. The van der Waals surface area contributed by atoms with E-state index in [-0.39, 0.29) is 11.3 Å². The Bertz CT molecular complexity index is 956. The molecule has 158 valence electrons. The third-order valence-electron chi connectivity index (χ3n) is 5.44. The number of halogens is 1. The predicted molar refractivity (Wildman–Crippen MR) is 117 cm³/mol. The van der Waals surface area contributed by atoms with Gasteiger partial charge in [-0.05, 0) is 37.1 Å². The predicted octanol–water partition coefficient (Wildman–Crippen LogP) is 3.94. The lowest BCUT2D eigenvalue weighted by atomic mass is 10.1. The lowest BCUT2D eigenvalue weighted by molar-refractivity contribution is -0.384. The number of benzene rings is 2. The van der Waals surface area contributed by atoms with E-state index in [1.165, 1.54) is 6.07 Å². The van der Waals surface area contributed by atoms with Gasteiger partial charge in [0.2, 0.25) is 0 Å². The van der Waals surface area contributed by atoms with Gasteiger partial charge in [0.15, 0.2) is 0 Å². The van der Waals surface area contributed by atoms with E-state index < -0.39 is 10.8 Å². The first-order valence-electron chi connectivity index (χ1n) is 10.0. The first-order valence-corrected chi connectivity index (χ1v) is 10.4. The van der Waals surface area contributed by atoms with Crippen LogP contribution in [-0.2, 0) is 4.74 Å². The zero-order chi connectivity index (χ0) is 21.1. The smallest absolute Gasteiger partial charge is 0.293 e. The molecule has 9 heteroatoms. The highest BCUT2D eigenvalue weighted by atomic mass is 35.5. The van der Waals surface area contributed by atoms with Crippen molar-refractivity contribution in [2.24, 2.45) is 0 Å². The number of nitrogens with zero attached hydrogens (tertiary/aromatic N) is 3. The molecule has 0 radical (unpaired) electrons. The Hall–Kier alpha value is -2.84. The average Bonchev–Trinajstić information content (AvgIpc) is 3.28. The van der Waals surface area contributed by atoms with Crippen molar-refractivity contribution in [1.82, 2.24) is 0 Å². The van der Waals surface area contributed by atoms with Crippen molar-refractivity contribution in [1.29, 1.82) is 0 Å². The summed E-state index contributed by atoms with van der Waals surface area (Å²) in [6, 6.07) is 9.97. The number of carbonyl (C=O) groups is 1. The molecule has 1 amide bonds. The minimum Gasteiger partial charge on any atom is -0.378 e. The number of hydrogen-bond donors (Lipinski definition) is 1. The van der Waals surface area contributed by atoms with E-state index in [9.17, 15) is 14.9 Å². The molecule has 0 unspecified atom stereocenters. The van der Waals surface area contributed by atoms with E-state index in [2.05, 4.69) is 10.2 Å². The lowest BCUT2D eigenvalue weighted by Crippen LogP contribution is -2.36. The van der Waals surface area contributed by atoms with Crippen molar-refractivity contribution in [2.45, 2.75) is 12.8 Å². The Morgan fingerprint density at radius 3 is 2.50 bits per heavy atom. The van der Waals surface area contributed by atoms with Gasteiger partial charge in [0.1, 0.15) is 5.69 Å². The number of nitrogens with one attached hydrogen (secondary N) is 1. The fourth-order valence-electron chi connectivity index (χ4n) is 3.96. The van der Waals surface area contributed by atoms with Gasteiger partial charge in [0.25, 0.3) is 11.6 Å². The van der Waals surface area contributed by atoms with Crippen LogP contribution < -0.4 is 15.1 Å². The molecule has 0 atom stereocenters. The van der Waals surface area contributed by atoms with Gasteiger partial charge in [0, 0.05) is 37.8 Å². The van der Waals surface area contributed by atoms with E-state index in [4.69, 9.17) is 16.3 Å². The molecule has 2 heterocycles. The van der Waals surface area contributed by atoms with Crippen molar-refractivity contribution >= 4 is 40.3 Å². The number of carbonyl (C=O) groups excluding carboxylic acids is 1. The number of nitro benzene ring substituents is 1. The van der Waals surface area contributed by atoms with Crippen molar-refractivity contribution in [3.05, 3.63) is 57.1 Å². The molecule has 0 bridgehead atoms. The molecule has 2 aliphatic rings. The number of amides is 1. The molecule has 30 heavy (non-hydrogen) atoms. The summed E-state index contributed by atoms with van der Waals surface area (Å²) in [6.07, 6.45) is 2.15. The van der Waals surface area contributed by atoms with Gasteiger partial charge < -0.3 is 19.9 Å². The highest BCUT2D eigenvalue weighted by molar-refractivity contribution is 6.34. The lowest BCUT2D eigenvalue weighted by Gasteiger charge is -2.28. The third kappa shape index (κ3) is 4.20. The molecule has 2 aromatic rings. The van der Waals surface area contributed by atoms with Crippen LogP contribution in [0.15, 0.2) is 36.4 Å². The SMILES string of the molecule is O=C(Nc1cccc(Cl)c1N1CCCC1)c1ccc(N2CCOCC2)c([N+](=O)[O-])c1. The van der Waals surface area contributed by atoms with Gasteiger partial charge in [-0.25, -0.2) is 0 Å². The second-order valence-corrected chi connectivity index (χ2v) is 7.75. The zero-order valence-corrected chi connectivity index (χ0v) is 17.2. The van der Waals surface area contributed by atoms with Crippen LogP contribution in [-0.4, -0.2) is 50.2 Å². The number of para-hydroxylation sites is 1. The fourth-order valence-corrected chi connectivity index (χ4v) is 4.25. The fraction of sp³-hybridized carbons (Fsp3) is 0.381. The molecule has 0 aliphatic carbocycles. The number of nitro groups is 1. The van der Waals surface area contributed by atoms with Crippen LogP contribution in [0.5, 0.6) is 0 Å². The summed E-state index contributed by atoms with van der Waals surface area (Å²) in [5.74, 6) is -0.408. The van der Waals surface area contributed by atoms with Crippen LogP contribution in [0.4, 0.5) is 22.7 Å². The quantitative estimate of drug-likeness (QED) is 0.571. The summed E-state index contributed by atoms with van der Waals surface area (Å²) in [5, 5.41) is 15.1. The Morgan fingerprint density at radius 2 is 1.80 bits per heavy atom. The monoisotopic (exact) mass is 430 g/mol. The number of rotatable bonds is 5. The molecule has 0 saturated carbocycles. The third-order valence-corrected chi connectivity index (χ3v) is 5.75. The number of hydrogen-bond acceptors (Lipinski definition) is 6. The maximum absolute atomic E-state index is 12.9. The summed E-state index contributed by atoms with van der Waals surface area (Å²) < 4.78 is 5.32. The Balaban J connectivity index is 1.60.